The molecular formula is C19H29N3O3. The Hall–Kier alpha value is -2.08. The number of nitrogens with zero attached hydrogens (tertiary/aromatic N) is 2. The maximum Gasteiger partial charge on any atom is 0.248 e. The van der Waals surface area contributed by atoms with Crippen molar-refractivity contribution in [3.05, 3.63) is 23.8 Å². The minimum absolute atomic E-state index is 0.0264. The molecule has 1 aromatic rings. The summed E-state index contributed by atoms with van der Waals surface area (Å²) in [6.07, 6.45) is 2.83. The van der Waals surface area contributed by atoms with Gasteiger partial charge >= 0.3 is 0 Å². The zero-order valence-corrected chi connectivity index (χ0v) is 15.7. The second kappa shape index (κ2) is 8.85. The third kappa shape index (κ3) is 5.46. The molecular weight excluding hydrogens is 318 g/mol. The molecule has 1 aliphatic rings. The number of hydrogen-bond donors (Lipinski definition) is 1. The van der Waals surface area contributed by atoms with Gasteiger partial charge in [-0.3, -0.25) is 9.59 Å². The molecule has 1 aromatic carbocycles. The molecule has 138 valence electrons. The molecule has 0 unspecified atom stereocenters. The number of ether oxygens (including phenoxy) is 1. The molecule has 2 amide bonds. The van der Waals surface area contributed by atoms with Crippen LogP contribution in [0.3, 0.4) is 0 Å². The molecule has 0 bridgehead atoms. The maximum atomic E-state index is 12.3. The van der Waals surface area contributed by atoms with Gasteiger partial charge in [-0.15, -0.1) is 0 Å². The highest BCUT2D eigenvalue weighted by molar-refractivity contribution is 5.94. The maximum absolute atomic E-state index is 12.3. The Labute approximate surface area is 150 Å². The number of amides is 2. The Morgan fingerprint density at radius 1 is 1.28 bits per heavy atom. The standard InChI is InChI=1S/C19H29N3O3/c1-5-10-22(18(23)13-25-4)12-15-11-16(8-9-17(15)21(2)3)20-19(24)14-6-7-14/h8-9,11,14H,5-7,10,12-13H2,1-4H3,(H,20,24). The summed E-state index contributed by atoms with van der Waals surface area (Å²) >= 11 is 0. The van der Waals surface area contributed by atoms with Crippen LogP contribution in [0.4, 0.5) is 11.4 Å². The van der Waals surface area contributed by atoms with Gasteiger partial charge in [0.2, 0.25) is 11.8 Å². The lowest BCUT2D eigenvalue weighted by atomic mass is 10.1. The van der Waals surface area contributed by atoms with Crippen LogP contribution >= 0.6 is 0 Å². The zero-order valence-electron chi connectivity index (χ0n) is 15.7. The van der Waals surface area contributed by atoms with Crippen molar-refractivity contribution in [1.29, 1.82) is 0 Å². The van der Waals surface area contributed by atoms with Crippen LogP contribution in [0.2, 0.25) is 0 Å². The van der Waals surface area contributed by atoms with Crippen LogP contribution in [0.25, 0.3) is 0 Å². The molecule has 0 heterocycles. The molecule has 0 atom stereocenters. The van der Waals surface area contributed by atoms with Crippen LogP contribution in [0.1, 0.15) is 31.7 Å². The first-order valence-corrected chi connectivity index (χ1v) is 8.84. The van der Waals surface area contributed by atoms with Gasteiger partial charge in [0.05, 0.1) is 0 Å². The van der Waals surface area contributed by atoms with Gasteiger partial charge in [-0.1, -0.05) is 6.92 Å². The molecule has 0 aromatic heterocycles. The largest absolute Gasteiger partial charge is 0.377 e. The third-order valence-corrected chi connectivity index (χ3v) is 4.25. The molecule has 6 heteroatoms. The van der Waals surface area contributed by atoms with Gasteiger partial charge in [0, 0.05) is 51.6 Å². The fraction of sp³-hybridized carbons (Fsp3) is 0.579. The Bertz CT molecular complexity index is 612. The van der Waals surface area contributed by atoms with Crippen LogP contribution in [-0.2, 0) is 20.9 Å². The summed E-state index contributed by atoms with van der Waals surface area (Å²) in [6.45, 7) is 3.30. The molecule has 0 spiro atoms. The van der Waals surface area contributed by atoms with E-state index in [9.17, 15) is 9.59 Å². The minimum Gasteiger partial charge on any atom is -0.377 e. The van der Waals surface area contributed by atoms with Gasteiger partial charge in [-0.2, -0.15) is 0 Å². The summed E-state index contributed by atoms with van der Waals surface area (Å²) in [7, 11) is 5.48. The predicted molar refractivity (Wildman–Crippen MR) is 99.7 cm³/mol. The topological polar surface area (TPSA) is 61.9 Å². The van der Waals surface area contributed by atoms with Crippen molar-refractivity contribution in [2.24, 2.45) is 5.92 Å². The zero-order chi connectivity index (χ0) is 18.4. The summed E-state index contributed by atoms with van der Waals surface area (Å²) in [5.74, 6) is 0.225. The number of benzene rings is 1. The molecule has 1 N–H and O–H groups in total. The highest BCUT2D eigenvalue weighted by atomic mass is 16.5. The van der Waals surface area contributed by atoms with Crippen molar-refractivity contribution < 1.29 is 14.3 Å². The molecule has 1 saturated carbocycles. The average molecular weight is 347 g/mol. The van der Waals surface area contributed by atoms with E-state index in [1.165, 1.54) is 7.11 Å². The summed E-state index contributed by atoms with van der Waals surface area (Å²) in [5, 5.41) is 2.98. The summed E-state index contributed by atoms with van der Waals surface area (Å²) in [6, 6.07) is 5.88. The first kappa shape index (κ1) is 19.2. The highest BCUT2D eigenvalue weighted by Crippen LogP contribution is 2.31. The average Bonchev–Trinajstić information content (AvgIpc) is 3.39. The van der Waals surface area contributed by atoms with E-state index in [0.717, 1.165) is 36.2 Å². The van der Waals surface area contributed by atoms with E-state index in [2.05, 4.69) is 5.32 Å². The lowest BCUT2D eigenvalue weighted by molar-refractivity contribution is -0.135. The van der Waals surface area contributed by atoms with E-state index < -0.39 is 0 Å². The second-order valence-electron chi connectivity index (χ2n) is 6.75. The fourth-order valence-corrected chi connectivity index (χ4v) is 2.80. The van der Waals surface area contributed by atoms with Crippen molar-refractivity contribution in [3.8, 4) is 0 Å². The Morgan fingerprint density at radius 2 is 2.00 bits per heavy atom. The van der Waals surface area contributed by atoms with Gasteiger partial charge in [0.25, 0.3) is 0 Å². The number of carbonyl (C=O) groups excluding carboxylic acids is 2. The summed E-state index contributed by atoms with van der Waals surface area (Å²) in [4.78, 5) is 28.1. The number of carbonyl (C=O) groups is 2. The predicted octanol–water partition coefficient (Wildman–Crippen LogP) is 2.49. The first-order chi connectivity index (χ1) is 12.0. The SMILES string of the molecule is CCCN(Cc1cc(NC(=O)C2CC2)ccc1N(C)C)C(=O)COC. The molecule has 25 heavy (non-hydrogen) atoms. The normalized spacial score (nSPS) is 13.4. The van der Waals surface area contributed by atoms with E-state index in [4.69, 9.17) is 4.74 Å². The summed E-state index contributed by atoms with van der Waals surface area (Å²) < 4.78 is 5.00. The van der Waals surface area contributed by atoms with E-state index in [0.29, 0.717) is 13.1 Å². The van der Waals surface area contributed by atoms with Crippen molar-refractivity contribution in [1.82, 2.24) is 4.90 Å². The van der Waals surface area contributed by atoms with Crippen molar-refractivity contribution in [2.75, 3.05) is 44.6 Å². The monoisotopic (exact) mass is 347 g/mol. The van der Waals surface area contributed by atoms with Crippen LogP contribution in [-0.4, -0.2) is 51.1 Å². The lowest BCUT2D eigenvalue weighted by Crippen LogP contribution is -2.34. The Kier molecular flexibility index (Phi) is 6.82. The van der Waals surface area contributed by atoms with Gasteiger partial charge in [0.15, 0.2) is 0 Å². The molecule has 1 fully saturated rings. The fourth-order valence-electron chi connectivity index (χ4n) is 2.80. The molecule has 1 aliphatic carbocycles. The number of anilines is 2. The van der Waals surface area contributed by atoms with Crippen LogP contribution < -0.4 is 10.2 Å². The van der Waals surface area contributed by atoms with Crippen molar-refractivity contribution >= 4 is 23.2 Å². The van der Waals surface area contributed by atoms with E-state index in [1.54, 1.807) is 4.90 Å². The third-order valence-electron chi connectivity index (χ3n) is 4.25. The molecule has 6 nitrogen and oxygen atoms in total. The van der Waals surface area contributed by atoms with Crippen molar-refractivity contribution in [3.63, 3.8) is 0 Å². The number of methoxy groups -OCH3 is 1. The molecule has 0 saturated heterocycles. The van der Waals surface area contributed by atoms with Gasteiger partial charge < -0.3 is 19.9 Å². The molecule has 2 rings (SSSR count). The van der Waals surface area contributed by atoms with E-state index in [-0.39, 0.29) is 24.3 Å². The van der Waals surface area contributed by atoms with Gasteiger partial charge in [0.1, 0.15) is 6.61 Å². The first-order valence-electron chi connectivity index (χ1n) is 8.84. The minimum atomic E-state index is -0.0264. The van der Waals surface area contributed by atoms with Crippen molar-refractivity contribution in [2.45, 2.75) is 32.7 Å². The smallest absolute Gasteiger partial charge is 0.248 e. The van der Waals surface area contributed by atoms with Gasteiger partial charge in [-0.25, -0.2) is 0 Å². The highest BCUT2D eigenvalue weighted by Gasteiger charge is 2.29. The molecule has 0 radical (unpaired) electrons. The summed E-state index contributed by atoms with van der Waals surface area (Å²) in [5.41, 5.74) is 2.83. The van der Waals surface area contributed by atoms with E-state index >= 15 is 0 Å². The van der Waals surface area contributed by atoms with Crippen LogP contribution in [0.15, 0.2) is 18.2 Å². The van der Waals surface area contributed by atoms with Crippen LogP contribution in [0, 0.1) is 5.92 Å². The number of hydrogen-bond acceptors (Lipinski definition) is 4. The number of nitrogens with one attached hydrogen (secondary N) is 1. The molecule has 0 aliphatic heterocycles. The quantitative estimate of drug-likeness (QED) is 0.745. The van der Waals surface area contributed by atoms with E-state index in [1.807, 2.05) is 44.1 Å². The van der Waals surface area contributed by atoms with Crippen LogP contribution in [0.5, 0.6) is 0 Å². The Morgan fingerprint density at radius 3 is 2.56 bits per heavy atom. The Balaban J connectivity index is 2.21. The number of rotatable bonds is 9. The lowest BCUT2D eigenvalue weighted by Gasteiger charge is -2.26. The second-order valence-corrected chi connectivity index (χ2v) is 6.75. The van der Waals surface area contributed by atoms with Gasteiger partial charge in [-0.05, 0) is 43.0 Å².